The lowest BCUT2D eigenvalue weighted by atomic mass is 10.2. The number of hydrogen-bond donors (Lipinski definition) is 1. The van der Waals surface area contributed by atoms with Crippen LogP contribution in [0.15, 0.2) is 48.5 Å². The fraction of sp³-hybridized carbons (Fsp3) is 0.222. The molecular formula is C18H18FNO4. The summed E-state index contributed by atoms with van der Waals surface area (Å²) in [6.45, 7) is 2.98. The highest BCUT2D eigenvalue weighted by atomic mass is 19.1. The molecule has 0 fully saturated rings. The van der Waals surface area contributed by atoms with Crippen LogP contribution < -0.4 is 10.1 Å². The number of benzene rings is 2. The number of carbonyl (C=O) groups excluding carboxylic acids is 2. The average Bonchev–Trinajstić information content (AvgIpc) is 2.54. The lowest BCUT2D eigenvalue weighted by Gasteiger charge is -2.14. The van der Waals surface area contributed by atoms with Crippen molar-refractivity contribution in [3.05, 3.63) is 59.9 Å². The third kappa shape index (κ3) is 5.39. The van der Waals surface area contributed by atoms with E-state index < -0.39 is 30.4 Å². The van der Waals surface area contributed by atoms with Crippen LogP contribution in [-0.4, -0.2) is 24.6 Å². The molecule has 0 saturated carbocycles. The van der Waals surface area contributed by atoms with Gasteiger partial charge in [-0.05, 0) is 55.8 Å². The normalized spacial score (nSPS) is 11.5. The Kier molecular flexibility index (Phi) is 5.89. The Balaban J connectivity index is 1.79. The molecule has 0 saturated heterocycles. The van der Waals surface area contributed by atoms with E-state index in [0.29, 0.717) is 11.4 Å². The number of amides is 1. The van der Waals surface area contributed by atoms with Crippen molar-refractivity contribution in [2.24, 2.45) is 0 Å². The lowest BCUT2D eigenvalue weighted by molar-refractivity contribution is -0.153. The molecule has 1 N–H and O–H groups in total. The number of anilines is 1. The number of aryl methyl sites for hydroxylation is 1. The monoisotopic (exact) mass is 331 g/mol. The summed E-state index contributed by atoms with van der Waals surface area (Å²) in [5.41, 5.74) is 1.64. The Morgan fingerprint density at radius 2 is 1.88 bits per heavy atom. The standard InChI is InChI=1S/C18H18FNO4/c1-12-4-3-5-15(10-12)20-17(21)11-23-18(22)13(2)24-16-8-6-14(19)7-9-16/h3-10,13H,11H2,1-2H3,(H,20,21)/t13-/m0/s1. The van der Waals surface area contributed by atoms with Crippen molar-refractivity contribution in [3.63, 3.8) is 0 Å². The molecule has 2 aromatic carbocycles. The minimum atomic E-state index is -0.915. The molecule has 24 heavy (non-hydrogen) atoms. The largest absolute Gasteiger partial charge is 0.479 e. The van der Waals surface area contributed by atoms with E-state index in [1.54, 1.807) is 12.1 Å². The molecule has 0 spiro atoms. The van der Waals surface area contributed by atoms with Gasteiger partial charge in [-0.1, -0.05) is 12.1 Å². The molecule has 2 aromatic rings. The fourth-order valence-electron chi connectivity index (χ4n) is 1.94. The SMILES string of the molecule is Cc1cccc(NC(=O)COC(=O)[C@H](C)Oc2ccc(F)cc2)c1. The summed E-state index contributed by atoms with van der Waals surface area (Å²) in [5.74, 6) is -1.18. The third-order valence-corrected chi connectivity index (χ3v) is 3.11. The number of esters is 1. The van der Waals surface area contributed by atoms with Gasteiger partial charge in [-0.15, -0.1) is 0 Å². The molecule has 6 heteroatoms. The number of ether oxygens (including phenoxy) is 2. The Hall–Kier alpha value is -2.89. The zero-order chi connectivity index (χ0) is 17.5. The Bertz CT molecular complexity index is 715. The summed E-state index contributed by atoms with van der Waals surface area (Å²) in [7, 11) is 0. The zero-order valence-electron chi connectivity index (χ0n) is 13.4. The zero-order valence-corrected chi connectivity index (χ0v) is 13.4. The number of rotatable bonds is 6. The van der Waals surface area contributed by atoms with Gasteiger partial charge in [-0.2, -0.15) is 0 Å². The van der Waals surface area contributed by atoms with Crippen molar-refractivity contribution in [2.45, 2.75) is 20.0 Å². The molecule has 5 nitrogen and oxygen atoms in total. The highest BCUT2D eigenvalue weighted by molar-refractivity contribution is 5.93. The summed E-state index contributed by atoms with van der Waals surface area (Å²) >= 11 is 0. The molecular weight excluding hydrogens is 313 g/mol. The number of nitrogens with one attached hydrogen (secondary N) is 1. The van der Waals surface area contributed by atoms with E-state index in [9.17, 15) is 14.0 Å². The Labute approximate surface area is 139 Å². The lowest BCUT2D eigenvalue weighted by Crippen LogP contribution is -2.29. The van der Waals surface area contributed by atoms with Gasteiger partial charge in [0.25, 0.3) is 5.91 Å². The molecule has 0 aliphatic carbocycles. The molecule has 2 rings (SSSR count). The first-order valence-corrected chi connectivity index (χ1v) is 7.39. The van der Waals surface area contributed by atoms with Crippen LogP contribution in [0, 0.1) is 12.7 Å². The maximum atomic E-state index is 12.8. The van der Waals surface area contributed by atoms with E-state index in [0.717, 1.165) is 5.56 Å². The number of halogens is 1. The number of carbonyl (C=O) groups is 2. The maximum absolute atomic E-state index is 12.8. The van der Waals surface area contributed by atoms with Gasteiger partial charge in [-0.25, -0.2) is 9.18 Å². The first-order chi connectivity index (χ1) is 11.4. The highest BCUT2D eigenvalue weighted by Crippen LogP contribution is 2.13. The second-order valence-corrected chi connectivity index (χ2v) is 5.24. The molecule has 0 bridgehead atoms. The van der Waals surface area contributed by atoms with E-state index >= 15 is 0 Å². The van der Waals surface area contributed by atoms with Crippen LogP contribution in [0.2, 0.25) is 0 Å². The molecule has 1 atom stereocenters. The minimum absolute atomic E-state index is 0.338. The quantitative estimate of drug-likeness (QED) is 0.826. The van der Waals surface area contributed by atoms with Gasteiger partial charge in [0.1, 0.15) is 11.6 Å². The van der Waals surface area contributed by atoms with Crippen LogP contribution in [0.1, 0.15) is 12.5 Å². The average molecular weight is 331 g/mol. The molecule has 126 valence electrons. The van der Waals surface area contributed by atoms with Crippen molar-refractivity contribution < 1.29 is 23.5 Å². The van der Waals surface area contributed by atoms with Crippen LogP contribution in [0.25, 0.3) is 0 Å². The van der Waals surface area contributed by atoms with Crippen LogP contribution >= 0.6 is 0 Å². The van der Waals surface area contributed by atoms with Crippen molar-refractivity contribution in [1.82, 2.24) is 0 Å². The minimum Gasteiger partial charge on any atom is -0.479 e. The van der Waals surface area contributed by atoms with Crippen LogP contribution in [0.4, 0.5) is 10.1 Å². The molecule has 0 aliphatic rings. The maximum Gasteiger partial charge on any atom is 0.347 e. The Morgan fingerprint density at radius 3 is 2.54 bits per heavy atom. The van der Waals surface area contributed by atoms with E-state index in [1.807, 2.05) is 19.1 Å². The molecule has 0 heterocycles. The summed E-state index contributed by atoms with van der Waals surface area (Å²) in [5, 5.41) is 2.63. The third-order valence-electron chi connectivity index (χ3n) is 3.11. The molecule has 0 aliphatic heterocycles. The van der Waals surface area contributed by atoms with Gasteiger partial charge in [0.05, 0.1) is 0 Å². The van der Waals surface area contributed by atoms with E-state index in [-0.39, 0.29) is 0 Å². The molecule has 0 aromatic heterocycles. The van der Waals surface area contributed by atoms with Crippen LogP contribution in [-0.2, 0) is 14.3 Å². The first kappa shape index (κ1) is 17.5. The van der Waals surface area contributed by atoms with Crippen molar-refractivity contribution >= 4 is 17.6 Å². The number of hydrogen-bond acceptors (Lipinski definition) is 4. The smallest absolute Gasteiger partial charge is 0.347 e. The van der Waals surface area contributed by atoms with Crippen molar-refractivity contribution in [3.8, 4) is 5.75 Å². The van der Waals surface area contributed by atoms with Gasteiger partial charge >= 0.3 is 5.97 Å². The van der Waals surface area contributed by atoms with E-state index in [4.69, 9.17) is 9.47 Å². The van der Waals surface area contributed by atoms with Crippen molar-refractivity contribution in [1.29, 1.82) is 0 Å². The molecule has 0 radical (unpaired) electrons. The molecule has 1 amide bonds. The fourth-order valence-corrected chi connectivity index (χ4v) is 1.94. The Morgan fingerprint density at radius 1 is 1.17 bits per heavy atom. The molecule has 0 unspecified atom stereocenters. The summed E-state index contributed by atoms with van der Waals surface area (Å²) in [6.07, 6.45) is -0.915. The van der Waals surface area contributed by atoms with Crippen LogP contribution in [0.3, 0.4) is 0 Å². The van der Waals surface area contributed by atoms with E-state index in [2.05, 4.69) is 5.32 Å². The summed E-state index contributed by atoms with van der Waals surface area (Å²) in [4.78, 5) is 23.6. The van der Waals surface area contributed by atoms with Gasteiger partial charge in [0, 0.05) is 5.69 Å². The van der Waals surface area contributed by atoms with Gasteiger partial charge in [0.15, 0.2) is 12.7 Å². The van der Waals surface area contributed by atoms with E-state index in [1.165, 1.54) is 31.2 Å². The summed E-state index contributed by atoms with van der Waals surface area (Å²) in [6, 6.07) is 12.5. The topological polar surface area (TPSA) is 64.6 Å². The summed E-state index contributed by atoms with van der Waals surface area (Å²) < 4.78 is 23.0. The van der Waals surface area contributed by atoms with Gasteiger partial charge < -0.3 is 14.8 Å². The highest BCUT2D eigenvalue weighted by Gasteiger charge is 2.18. The van der Waals surface area contributed by atoms with Gasteiger partial charge in [0.2, 0.25) is 0 Å². The second-order valence-electron chi connectivity index (χ2n) is 5.24. The predicted molar refractivity (Wildman–Crippen MR) is 87.3 cm³/mol. The van der Waals surface area contributed by atoms with Crippen molar-refractivity contribution in [2.75, 3.05) is 11.9 Å². The second kappa shape index (κ2) is 8.10. The van der Waals surface area contributed by atoms with Gasteiger partial charge in [-0.3, -0.25) is 4.79 Å². The first-order valence-electron chi connectivity index (χ1n) is 7.39. The van der Waals surface area contributed by atoms with Crippen LogP contribution in [0.5, 0.6) is 5.75 Å². The predicted octanol–water partition coefficient (Wildman–Crippen LogP) is 3.08.